The van der Waals surface area contributed by atoms with Gasteiger partial charge < -0.3 is 0 Å². The summed E-state index contributed by atoms with van der Waals surface area (Å²) in [6, 6.07) is 4.18. The van der Waals surface area contributed by atoms with E-state index in [0.717, 1.165) is 17.6 Å². The van der Waals surface area contributed by atoms with E-state index in [1.807, 2.05) is 6.07 Å². The molecule has 0 saturated carbocycles. The van der Waals surface area contributed by atoms with Crippen LogP contribution >= 0.6 is 38.6 Å². The van der Waals surface area contributed by atoms with E-state index >= 15 is 0 Å². The minimum Gasteiger partial charge on any atom is -0.297 e. The predicted molar refractivity (Wildman–Crippen MR) is 63.5 cm³/mol. The largest absolute Gasteiger partial charge is 0.297 e. The number of halogens is 1. The van der Waals surface area contributed by atoms with Gasteiger partial charge in [0.1, 0.15) is 0 Å². The standard InChI is InChI=1S/C10H5BrOS2/c11-8-3-6-1-5-2-7(4-12)13-9(5)10(6)14-8/h2-4H,1H2. The smallest absolute Gasteiger partial charge is 0.160 e. The highest BCUT2D eigenvalue weighted by Crippen LogP contribution is 2.47. The molecular formula is C10H5BrOS2. The molecule has 0 N–H and O–H groups in total. The summed E-state index contributed by atoms with van der Waals surface area (Å²) in [5.41, 5.74) is 2.70. The van der Waals surface area contributed by atoms with Gasteiger partial charge in [0.05, 0.1) is 8.66 Å². The lowest BCUT2D eigenvalue weighted by atomic mass is 10.2. The maximum absolute atomic E-state index is 10.6. The number of hydrogen-bond donors (Lipinski definition) is 0. The van der Waals surface area contributed by atoms with E-state index in [2.05, 4.69) is 22.0 Å². The van der Waals surface area contributed by atoms with Gasteiger partial charge in [0.25, 0.3) is 0 Å². The van der Waals surface area contributed by atoms with Crippen molar-refractivity contribution in [2.45, 2.75) is 6.42 Å². The van der Waals surface area contributed by atoms with Gasteiger partial charge >= 0.3 is 0 Å². The van der Waals surface area contributed by atoms with Gasteiger partial charge in [0.15, 0.2) is 6.29 Å². The number of carbonyl (C=O) groups excluding carboxylic acids is 1. The Morgan fingerprint density at radius 1 is 1.21 bits per heavy atom. The molecule has 14 heavy (non-hydrogen) atoms. The second-order valence-electron chi connectivity index (χ2n) is 3.20. The molecule has 2 aromatic rings. The monoisotopic (exact) mass is 284 g/mol. The van der Waals surface area contributed by atoms with Crippen LogP contribution in [-0.4, -0.2) is 6.29 Å². The Kier molecular flexibility index (Phi) is 1.90. The molecule has 1 nitrogen and oxygen atoms in total. The van der Waals surface area contributed by atoms with Crippen LogP contribution in [0.25, 0.3) is 9.75 Å². The highest BCUT2D eigenvalue weighted by atomic mass is 79.9. The molecule has 4 heteroatoms. The molecule has 1 aliphatic rings. The van der Waals surface area contributed by atoms with E-state index in [9.17, 15) is 4.79 Å². The molecule has 0 amide bonds. The lowest BCUT2D eigenvalue weighted by Gasteiger charge is -1.86. The molecule has 0 unspecified atom stereocenters. The van der Waals surface area contributed by atoms with Crippen molar-refractivity contribution in [2.24, 2.45) is 0 Å². The first kappa shape index (κ1) is 8.83. The fourth-order valence-corrected chi connectivity index (χ4v) is 4.62. The van der Waals surface area contributed by atoms with Crippen molar-refractivity contribution >= 4 is 44.9 Å². The topological polar surface area (TPSA) is 17.1 Å². The molecule has 0 saturated heterocycles. The van der Waals surface area contributed by atoms with E-state index in [4.69, 9.17) is 0 Å². The number of aldehydes is 1. The van der Waals surface area contributed by atoms with Gasteiger partial charge in [-0.3, -0.25) is 4.79 Å². The average molecular weight is 285 g/mol. The first-order chi connectivity index (χ1) is 6.78. The summed E-state index contributed by atoms with van der Waals surface area (Å²) >= 11 is 6.84. The lowest BCUT2D eigenvalue weighted by Crippen LogP contribution is -1.75. The third kappa shape index (κ3) is 1.14. The van der Waals surface area contributed by atoms with Crippen LogP contribution < -0.4 is 0 Å². The molecule has 3 rings (SSSR count). The Morgan fingerprint density at radius 3 is 2.71 bits per heavy atom. The Labute approximate surface area is 97.5 Å². The number of hydrogen-bond acceptors (Lipinski definition) is 3. The van der Waals surface area contributed by atoms with Gasteiger partial charge in [0.2, 0.25) is 0 Å². The quantitative estimate of drug-likeness (QED) is 0.619. The first-order valence-electron chi connectivity index (χ1n) is 4.14. The van der Waals surface area contributed by atoms with Crippen LogP contribution in [0.2, 0.25) is 0 Å². The number of rotatable bonds is 1. The molecule has 0 atom stereocenters. The summed E-state index contributed by atoms with van der Waals surface area (Å²) in [5, 5.41) is 0. The minimum absolute atomic E-state index is 0.838. The normalized spacial score (nSPS) is 12.6. The van der Waals surface area contributed by atoms with Gasteiger partial charge in [-0.05, 0) is 39.2 Å². The SMILES string of the molecule is O=Cc1cc2c(s1)-c1sc(Br)cc1C2. The molecular weight excluding hydrogens is 280 g/mol. The van der Waals surface area contributed by atoms with Crippen molar-refractivity contribution in [1.82, 2.24) is 0 Å². The lowest BCUT2D eigenvalue weighted by molar-refractivity contribution is 0.112. The number of thiophene rings is 2. The maximum atomic E-state index is 10.6. The van der Waals surface area contributed by atoms with Gasteiger partial charge in [-0.1, -0.05) is 0 Å². The number of fused-ring (bicyclic) bond motifs is 3. The fourth-order valence-electron chi connectivity index (χ4n) is 1.76. The molecule has 0 aliphatic heterocycles. The highest BCUT2D eigenvalue weighted by Gasteiger charge is 2.23. The second-order valence-corrected chi connectivity index (χ2v) is 6.72. The molecule has 70 valence electrons. The summed E-state index contributed by atoms with van der Waals surface area (Å²) < 4.78 is 1.18. The zero-order chi connectivity index (χ0) is 9.71. The van der Waals surface area contributed by atoms with Crippen molar-refractivity contribution < 1.29 is 4.79 Å². The van der Waals surface area contributed by atoms with Crippen LogP contribution in [0.15, 0.2) is 15.9 Å². The van der Waals surface area contributed by atoms with E-state index < -0.39 is 0 Å². The van der Waals surface area contributed by atoms with Crippen LogP contribution in [0, 0.1) is 0 Å². The van der Waals surface area contributed by atoms with E-state index in [0.29, 0.717) is 0 Å². The summed E-state index contributed by atoms with van der Waals surface area (Å²) in [4.78, 5) is 14.1. The van der Waals surface area contributed by atoms with Crippen molar-refractivity contribution in [3.63, 3.8) is 0 Å². The summed E-state index contributed by atoms with van der Waals surface area (Å²) in [7, 11) is 0. The van der Waals surface area contributed by atoms with Crippen LogP contribution in [-0.2, 0) is 6.42 Å². The Balaban J connectivity index is 2.22. The van der Waals surface area contributed by atoms with Crippen molar-refractivity contribution in [2.75, 3.05) is 0 Å². The zero-order valence-corrected chi connectivity index (χ0v) is 10.3. The summed E-state index contributed by atoms with van der Waals surface area (Å²) in [5.74, 6) is 0. The zero-order valence-electron chi connectivity index (χ0n) is 7.04. The molecule has 2 heterocycles. The Morgan fingerprint density at radius 2 is 1.93 bits per heavy atom. The van der Waals surface area contributed by atoms with Crippen LogP contribution in [0.5, 0.6) is 0 Å². The van der Waals surface area contributed by atoms with Crippen LogP contribution in [0.1, 0.15) is 20.8 Å². The third-order valence-corrected chi connectivity index (χ3v) is 5.26. The van der Waals surface area contributed by atoms with E-state index in [1.54, 1.807) is 22.7 Å². The van der Waals surface area contributed by atoms with Gasteiger partial charge in [-0.15, -0.1) is 22.7 Å². The minimum atomic E-state index is 0.838. The summed E-state index contributed by atoms with van der Waals surface area (Å²) in [6.45, 7) is 0. The van der Waals surface area contributed by atoms with Gasteiger partial charge in [-0.25, -0.2) is 0 Å². The van der Waals surface area contributed by atoms with E-state index in [1.165, 1.54) is 24.7 Å². The van der Waals surface area contributed by atoms with Crippen molar-refractivity contribution in [3.05, 3.63) is 31.9 Å². The highest BCUT2D eigenvalue weighted by molar-refractivity contribution is 9.11. The molecule has 0 aromatic carbocycles. The van der Waals surface area contributed by atoms with Crippen LogP contribution in [0.4, 0.5) is 0 Å². The molecule has 0 radical (unpaired) electrons. The number of carbonyl (C=O) groups is 1. The molecule has 0 spiro atoms. The molecule has 0 fully saturated rings. The van der Waals surface area contributed by atoms with Crippen molar-refractivity contribution in [1.29, 1.82) is 0 Å². The Hall–Kier alpha value is -0.450. The second kappa shape index (κ2) is 3.02. The van der Waals surface area contributed by atoms with Gasteiger partial charge in [-0.2, -0.15) is 0 Å². The first-order valence-corrected chi connectivity index (χ1v) is 6.57. The predicted octanol–water partition coefficient (Wildman–Crippen LogP) is 3.96. The third-order valence-electron chi connectivity index (χ3n) is 2.31. The van der Waals surface area contributed by atoms with E-state index in [-0.39, 0.29) is 0 Å². The fraction of sp³-hybridized carbons (Fsp3) is 0.100. The van der Waals surface area contributed by atoms with Crippen LogP contribution in [0.3, 0.4) is 0 Å². The molecule has 0 bridgehead atoms. The Bertz CT molecular complexity index is 524. The molecule has 2 aromatic heterocycles. The van der Waals surface area contributed by atoms with Gasteiger partial charge in [0, 0.05) is 16.2 Å². The summed E-state index contributed by atoms with van der Waals surface area (Å²) in [6.07, 6.45) is 1.92. The molecule has 1 aliphatic carbocycles. The maximum Gasteiger partial charge on any atom is 0.160 e. The average Bonchev–Trinajstić information content (AvgIpc) is 2.74. The van der Waals surface area contributed by atoms with Crippen molar-refractivity contribution in [3.8, 4) is 9.75 Å².